The van der Waals surface area contributed by atoms with Gasteiger partial charge in [0.05, 0.1) is 13.2 Å². The summed E-state index contributed by atoms with van der Waals surface area (Å²) in [4.78, 5) is 0. The minimum absolute atomic E-state index is 0.668. The first kappa shape index (κ1) is 12.6. The topological polar surface area (TPSA) is 9.23 Å². The molecule has 0 aliphatic carbocycles. The second kappa shape index (κ2) is 7.46. The predicted molar refractivity (Wildman–Crippen MR) is 76.4 cm³/mol. The molecule has 0 spiro atoms. The van der Waals surface area contributed by atoms with E-state index in [1.807, 2.05) is 24.3 Å². The van der Waals surface area contributed by atoms with Gasteiger partial charge in [0.25, 0.3) is 0 Å². The van der Waals surface area contributed by atoms with Crippen LogP contribution in [0.25, 0.3) is 6.08 Å². The normalized spacial score (nSPS) is 10.9. The van der Waals surface area contributed by atoms with Crippen molar-refractivity contribution in [1.82, 2.24) is 0 Å². The maximum atomic E-state index is 5.57. The molecule has 0 unspecified atom stereocenters. The zero-order valence-electron chi connectivity index (χ0n) is 10.5. The Morgan fingerprint density at radius 2 is 1.50 bits per heavy atom. The minimum atomic E-state index is 0.668. The van der Waals surface area contributed by atoms with E-state index < -0.39 is 0 Å². The van der Waals surface area contributed by atoms with Crippen LogP contribution in [0.1, 0.15) is 11.1 Å². The zero-order chi connectivity index (χ0) is 12.5. The van der Waals surface area contributed by atoms with Crippen molar-refractivity contribution in [3.8, 4) is 0 Å². The van der Waals surface area contributed by atoms with Crippen LogP contribution in [0.15, 0.2) is 66.7 Å². The standard InChI is InChI=1S/C17H18O/c1-3-8-16(9-4-1)12-7-14-18-15-13-17-10-5-2-6-11-17/h1-12H,13-15H2/b12-7+. The smallest absolute Gasteiger partial charge is 0.0650 e. The van der Waals surface area contributed by atoms with Crippen molar-refractivity contribution in [3.05, 3.63) is 77.9 Å². The summed E-state index contributed by atoms with van der Waals surface area (Å²) in [6.07, 6.45) is 5.11. The van der Waals surface area contributed by atoms with Gasteiger partial charge in [0, 0.05) is 0 Å². The van der Waals surface area contributed by atoms with Crippen molar-refractivity contribution < 1.29 is 4.74 Å². The predicted octanol–water partition coefficient (Wildman–Crippen LogP) is 3.96. The molecule has 0 N–H and O–H groups in total. The summed E-state index contributed by atoms with van der Waals surface area (Å²) in [5, 5.41) is 0. The van der Waals surface area contributed by atoms with E-state index in [1.54, 1.807) is 0 Å². The highest BCUT2D eigenvalue weighted by atomic mass is 16.5. The number of hydrogen-bond donors (Lipinski definition) is 0. The first-order chi connectivity index (χ1) is 8.95. The lowest BCUT2D eigenvalue weighted by atomic mass is 10.2. The van der Waals surface area contributed by atoms with Crippen LogP contribution in [0.5, 0.6) is 0 Å². The third-order valence-electron chi connectivity index (χ3n) is 2.70. The Morgan fingerprint density at radius 1 is 0.833 bits per heavy atom. The maximum Gasteiger partial charge on any atom is 0.0650 e. The Bertz CT molecular complexity index is 459. The molecular weight excluding hydrogens is 220 g/mol. The van der Waals surface area contributed by atoms with Crippen LogP contribution < -0.4 is 0 Å². The van der Waals surface area contributed by atoms with Crippen LogP contribution in [-0.2, 0) is 11.2 Å². The summed E-state index contributed by atoms with van der Waals surface area (Å²) >= 11 is 0. The molecule has 0 amide bonds. The van der Waals surface area contributed by atoms with E-state index in [9.17, 15) is 0 Å². The van der Waals surface area contributed by atoms with E-state index in [0.29, 0.717) is 6.61 Å². The molecule has 0 radical (unpaired) electrons. The second-order valence-corrected chi connectivity index (χ2v) is 4.12. The summed E-state index contributed by atoms with van der Waals surface area (Å²) in [5.41, 5.74) is 2.54. The molecule has 0 aliphatic rings. The summed E-state index contributed by atoms with van der Waals surface area (Å²) in [5.74, 6) is 0. The summed E-state index contributed by atoms with van der Waals surface area (Å²) in [6.45, 7) is 1.44. The number of rotatable bonds is 6. The summed E-state index contributed by atoms with van der Waals surface area (Å²) in [6, 6.07) is 20.7. The van der Waals surface area contributed by atoms with Crippen LogP contribution in [0.2, 0.25) is 0 Å². The van der Waals surface area contributed by atoms with Gasteiger partial charge >= 0.3 is 0 Å². The highest BCUT2D eigenvalue weighted by Gasteiger charge is 1.90. The molecular formula is C17H18O. The van der Waals surface area contributed by atoms with E-state index in [4.69, 9.17) is 4.74 Å². The highest BCUT2D eigenvalue weighted by Crippen LogP contribution is 2.02. The molecule has 0 bridgehead atoms. The molecule has 1 heteroatoms. The molecule has 0 atom stereocenters. The van der Waals surface area contributed by atoms with Gasteiger partial charge in [-0.25, -0.2) is 0 Å². The first-order valence-electron chi connectivity index (χ1n) is 6.28. The van der Waals surface area contributed by atoms with Gasteiger partial charge in [-0.1, -0.05) is 72.8 Å². The van der Waals surface area contributed by atoms with Crippen LogP contribution in [0.3, 0.4) is 0 Å². The molecule has 2 aromatic rings. The largest absolute Gasteiger partial charge is 0.377 e. The van der Waals surface area contributed by atoms with E-state index >= 15 is 0 Å². The van der Waals surface area contributed by atoms with Crippen LogP contribution in [0, 0.1) is 0 Å². The van der Waals surface area contributed by atoms with E-state index in [0.717, 1.165) is 13.0 Å². The van der Waals surface area contributed by atoms with Crippen molar-refractivity contribution in [2.24, 2.45) is 0 Å². The third kappa shape index (κ3) is 4.56. The average molecular weight is 238 g/mol. The third-order valence-corrected chi connectivity index (χ3v) is 2.70. The van der Waals surface area contributed by atoms with E-state index in [1.165, 1.54) is 11.1 Å². The molecule has 0 aliphatic heterocycles. The Morgan fingerprint density at radius 3 is 2.22 bits per heavy atom. The van der Waals surface area contributed by atoms with Gasteiger partial charge in [0.1, 0.15) is 0 Å². The van der Waals surface area contributed by atoms with E-state index in [-0.39, 0.29) is 0 Å². The first-order valence-corrected chi connectivity index (χ1v) is 6.28. The van der Waals surface area contributed by atoms with Crippen LogP contribution in [0.4, 0.5) is 0 Å². The summed E-state index contributed by atoms with van der Waals surface area (Å²) < 4.78 is 5.57. The van der Waals surface area contributed by atoms with Gasteiger partial charge in [0.2, 0.25) is 0 Å². The number of hydrogen-bond acceptors (Lipinski definition) is 1. The fourth-order valence-electron chi connectivity index (χ4n) is 1.73. The SMILES string of the molecule is C(=C\c1ccccc1)/COCCc1ccccc1. The fourth-order valence-corrected chi connectivity index (χ4v) is 1.73. The lowest BCUT2D eigenvalue weighted by Crippen LogP contribution is -1.98. The number of ether oxygens (including phenoxy) is 1. The average Bonchev–Trinajstić information content (AvgIpc) is 2.45. The van der Waals surface area contributed by atoms with Crippen molar-refractivity contribution in [3.63, 3.8) is 0 Å². The molecule has 92 valence electrons. The number of benzene rings is 2. The Balaban J connectivity index is 1.63. The van der Waals surface area contributed by atoms with Crippen molar-refractivity contribution >= 4 is 6.08 Å². The van der Waals surface area contributed by atoms with Gasteiger partial charge in [-0.15, -0.1) is 0 Å². The Kier molecular flexibility index (Phi) is 5.22. The summed E-state index contributed by atoms with van der Waals surface area (Å²) in [7, 11) is 0. The molecule has 0 aromatic heterocycles. The lowest BCUT2D eigenvalue weighted by molar-refractivity contribution is 0.166. The fraction of sp³-hybridized carbons (Fsp3) is 0.176. The van der Waals surface area contributed by atoms with Gasteiger partial charge in [-0.05, 0) is 17.5 Å². The van der Waals surface area contributed by atoms with Crippen molar-refractivity contribution in [2.75, 3.05) is 13.2 Å². The highest BCUT2D eigenvalue weighted by molar-refractivity contribution is 5.48. The molecule has 0 saturated heterocycles. The van der Waals surface area contributed by atoms with Gasteiger partial charge in [-0.2, -0.15) is 0 Å². The van der Waals surface area contributed by atoms with Crippen molar-refractivity contribution in [2.45, 2.75) is 6.42 Å². The Hall–Kier alpha value is -1.86. The monoisotopic (exact) mass is 238 g/mol. The minimum Gasteiger partial charge on any atom is -0.377 e. The van der Waals surface area contributed by atoms with E-state index in [2.05, 4.69) is 48.6 Å². The van der Waals surface area contributed by atoms with Gasteiger partial charge in [-0.3, -0.25) is 0 Å². The molecule has 2 aromatic carbocycles. The van der Waals surface area contributed by atoms with Gasteiger partial charge in [0.15, 0.2) is 0 Å². The molecule has 18 heavy (non-hydrogen) atoms. The van der Waals surface area contributed by atoms with Crippen molar-refractivity contribution in [1.29, 1.82) is 0 Å². The molecule has 2 rings (SSSR count). The zero-order valence-corrected chi connectivity index (χ0v) is 10.5. The second-order valence-electron chi connectivity index (χ2n) is 4.12. The lowest BCUT2D eigenvalue weighted by Gasteiger charge is -2.01. The van der Waals surface area contributed by atoms with Crippen LogP contribution in [-0.4, -0.2) is 13.2 Å². The molecule has 0 saturated carbocycles. The maximum absolute atomic E-state index is 5.57. The molecule has 1 nitrogen and oxygen atoms in total. The molecule has 0 heterocycles. The van der Waals surface area contributed by atoms with Crippen LogP contribution >= 0.6 is 0 Å². The Labute approximate surface area is 109 Å². The quantitative estimate of drug-likeness (QED) is 0.692. The van der Waals surface area contributed by atoms with Gasteiger partial charge < -0.3 is 4.74 Å². The molecule has 0 fully saturated rings.